The molecule has 1 N–H and O–H groups in total. The maximum Gasteiger partial charge on any atom is 0.342 e. The van der Waals surface area contributed by atoms with Crippen LogP contribution < -0.4 is 4.67 Å². The van der Waals surface area contributed by atoms with Gasteiger partial charge in [-0.1, -0.05) is 38.4 Å². The first-order valence-corrected chi connectivity index (χ1v) is 9.04. The van der Waals surface area contributed by atoms with Gasteiger partial charge < -0.3 is 5.11 Å². The quantitative estimate of drug-likeness (QED) is 0.854. The van der Waals surface area contributed by atoms with Gasteiger partial charge in [0.25, 0.3) is 0 Å². The smallest absolute Gasteiger partial charge is 0.342 e. The summed E-state index contributed by atoms with van der Waals surface area (Å²) in [5.74, 6) is -0.932. The number of thiazole rings is 1. The number of nitrogens with zero attached hydrogens (tertiary/aromatic N) is 2. The second-order valence-corrected chi connectivity index (χ2v) is 8.78. The number of hydrogen-bond acceptors (Lipinski definition) is 3. The first kappa shape index (κ1) is 16.9. The molecule has 5 heteroatoms. The Morgan fingerprint density at radius 1 is 1.25 bits per heavy atom. The summed E-state index contributed by atoms with van der Waals surface area (Å²) in [6, 6.07) is 0. The van der Waals surface area contributed by atoms with E-state index in [1.807, 2.05) is 12.2 Å². The van der Waals surface area contributed by atoms with Gasteiger partial charge in [0.2, 0.25) is 0 Å². The average molecular weight is 343 g/mol. The lowest BCUT2D eigenvalue weighted by molar-refractivity contribution is -0.132. The molecule has 1 aromatic heterocycles. The first-order valence-electron chi connectivity index (χ1n) is 8.22. The highest BCUT2D eigenvalue weighted by molar-refractivity contribution is 7.12. The highest BCUT2D eigenvalue weighted by atomic mass is 32.1. The predicted octanol–water partition coefficient (Wildman–Crippen LogP) is 3.50. The van der Waals surface area contributed by atoms with E-state index in [1.165, 1.54) is 23.2 Å². The van der Waals surface area contributed by atoms with E-state index in [9.17, 15) is 4.79 Å². The van der Waals surface area contributed by atoms with Gasteiger partial charge in [-0.15, -0.1) is 11.3 Å². The van der Waals surface area contributed by atoms with Gasteiger partial charge in [0.05, 0.1) is 12.1 Å². The van der Waals surface area contributed by atoms with Crippen LogP contribution in [0.2, 0.25) is 0 Å². The van der Waals surface area contributed by atoms with Crippen molar-refractivity contribution in [2.45, 2.75) is 57.8 Å². The van der Waals surface area contributed by atoms with Crippen molar-refractivity contribution in [2.75, 3.05) is 0 Å². The van der Waals surface area contributed by atoms with Crippen molar-refractivity contribution in [1.29, 1.82) is 0 Å². The summed E-state index contributed by atoms with van der Waals surface area (Å²) in [6.45, 7) is 9.13. The van der Waals surface area contributed by atoms with Crippen molar-refractivity contribution in [1.82, 2.24) is 9.65 Å². The van der Waals surface area contributed by atoms with Crippen molar-refractivity contribution in [3.8, 4) is 0 Å². The largest absolute Gasteiger partial charge is 0.477 e. The van der Waals surface area contributed by atoms with Crippen molar-refractivity contribution in [3.63, 3.8) is 0 Å². The molecule has 0 saturated heterocycles. The lowest BCUT2D eigenvalue weighted by Gasteiger charge is -2.37. The minimum Gasteiger partial charge on any atom is -0.477 e. The van der Waals surface area contributed by atoms with Crippen molar-refractivity contribution >= 4 is 35.3 Å². The number of hydrogen-bond donors (Lipinski definition) is 1. The molecule has 0 amide bonds. The van der Waals surface area contributed by atoms with Gasteiger partial charge >= 0.3 is 17.9 Å². The highest BCUT2D eigenvalue weighted by Gasteiger charge is 2.40. The standard InChI is InChI=1S/C19H22N2O2S/c1-18(2)9-10-19(3,4)16-15(18)21-14(24-16)8-7-13-6-5-12(11-20-13)17(22)23/h5,7-8,11H,6,9-10H2,1-4H3/p+1/b8-7+. The summed E-state index contributed by atoms with van der Waals surface area (Å²) in [7, 11) is 0. The van der Waals surface area contributed by atoms with Gasteiger partial charge in [-0.3, -0.25) is 0 Å². The van der Waals surface area contributed by atoms with Crippen LogP contribution in [0.1, 0.15) is 62.5 Å². The molecule has 0 fully saturated rings. The van der Waals surface area contributed by atoms with E-state index in [0.29, 0.717) is 6.42 Å². The number of carboxylic acid groups (broad SMARTS) is 1. The lowest BCUT2D eigenvalue weighted by Crippen LogP contribution is -2.32. The Balaban J connectivity index is 1.87. The van der Waals surface area contributed by atoms with Crippen LogP contribution in [-0.4, -0.2) is 28.0 Å². The number of carboxylic acids is 1. The van der Waals surface area contributed by atoms with Crippen LogP contribution in [-0.2, 0) is 15.6 Å². The lowest BCUT2D eigenvalue weighted by atomic mass is 9.69. The third-order valence-electron chi connectivity index (χ3n) is 4.84. The second-order valence-electron chi connectivity index (χ2n) is 7.75. The summed E-state index contributed by atoms with van der Waals surface area (Å²) in [5, 5.41) is 9.93. The Kier molecular flexibility index (Phi) is 4.10. The molecule has 1 aliphatic carbocycles. The third kappa shape index (κ3) is 3.14. The summed E-state index contributed by atoms with van der Waals surface area (Å²) < 4.78 is 4.22. The van der Waals surface area contributed by atoms with E-state index in [4.69, 9.17) is 10.1 Å². The SMILES string of the molecule is CC1(C)CCC(C)(C)c2sc(/C=C/C3=[N+]=CC(C(=O)O)=CC3)nc21. The van der Waals surface area contributed by atoms with E-state index in [-0.39, 0.29) is 16.4 Å². The summed E-state index contributed by atoms with van der Waals surface area (Å²) in [5.41, 5.74) is 2.65. The van der Waals surface area contributed by atoms with E-state index in [2.05, 4.69) is 32.4 Å². The number of carbonyl (C=O) groups is 1. The Morgan fingerprint density at radius 2 is 1.96 bits per heavy atom. The molecule has 0 radical (unpaired) electrons. The maximum atomic E-state index is 10.9. The molecular formula is C19H23N2O2S+. The third-order valence-corrected chi connectivity index (χ3v) is 6.23. The van der Waals surface area contributed by atoms with Gasteiger partial charge in [-0.2, -0.15) is 0 Å². The zero-order valence-corrected chi connectivity index (χ0v) is 15.4. The van der Waals surface area contributed by atoms with Crippen LogP contribution >= 0.6 is 11.3 Å². The molecule has 0 bridgehead atoms. The topological polar surface area (TPSA) is 64.3 Å². The first-order chi connectivity index (χ1) is 11.2. The van der Waals surface area contributed by atoms with Crippen LogP contribution in [0.15, 0.2) is 17.7 Å². The molecule has 0 aromatic carbocycles. The van der Waals surface area contributed by atoms with E-state index < -0.39 is 5.97 Å². The number of aromatic nitrogens is 1. The summed E-state index contributed by atoms with van der Waals surface area (Å²) in [4.78, 5) is 17.2. The molecule has 3 rings (SSSR count). The van der Waals surface area contributed by atoms with E-state index in [1.54, 1.807) is 17.4 Å². The van der Waals surface area contributed by atoms with E-state index >= 15 is 0 Å². The molecule has 126 valence electrons. The van der Waals surface area contributed by atoms with Crippen molar-refractivity contribution in [3.05, 3.63) is 33.3 Å². The Morgan fingerprint density at radius 3 is 2.54 bits per heavy atom. The monoisotopic (exact) mass is 343 g/mol. The Bertz CT molecular complexity index is 785. The zero-order chi connectivity index (χ0) is 17.5. The minimum absolute atomic E-state index is 0.128. The van der Waals surface area contributed by atoms with Crippen LogP contribution in [0.4, 0.5) is 0 Å². The minimum atomic E-state index is -0.932. The fourth-order valence-corrected chi connectivity index (χ4v) is 4.35. The molecular weight excluding hydrogens is 320 g/mol. The molecule has 1 aliphatic heterocycles. The van der Waals surface area contributed by atoms with E-state index in [0.717, 1.165) is 17.1 Å². The predicted molar refractivity (Wildman–Crippen MR) is 100.0 cm³/mol. The zero-order valence-electron chi connectivity index (χ0n) is 14.6. The van der Waals surface area contributed by atoms with Gasteiger partial charge in [-0.25, -0.2) is 9.78 Å². The Labute approximate surface area is 146 Å². The molecule has 1 aromatic rings. The summed E-state index contributed by atoms with van der Waals surface area (Å²) >= 11 is 1.77. The number of fused-ring (bicyclic) bond motifs is 1. The maximum absolute atomic E-state index is 10.9. The van der Waals surface area contributed by atoms with Crippen LogP contribution in [0, 0.1) is 0 Å². The van der Waals surface area contributed by atoms with Crippen LogP contribution in [0.3, 0.4) is 0 Å². The molecule has 0 atom stereocenters. The van der Waals surface area contributed by atoms with Gasteiger partial charge in [-0.05, 0) is 18.9 Å². The van der Waals surface area contributed by atoms with Crippen molar-refractivity contribution < 1.29 is 9.90 Å². The Hall–Kier alpha value is -1.97. The number of aliphatic carboxylic acids is 1. The molecule has 4 nitrogen and oxygen atoms in total. The van der Waals surface area contributed by atoms with Gasteiger partial charge in [0.1, 0.15) is 10.6 Å². The van der Waals surface area contributed by atoms with Gasteiger partial charge in [0.15, 0.2) is 0 Å². The normalized spacial score (nSPS) is 21.3. The second kappa shape index (κ2) is 5.83. The average Bonchev–Trinajstić information content (AvgIpc) is 2.97. The fraction of sp³-hybridized carbons (Fsp3) is 0.474. The molecule has 0 unspecified atom stereocenters. The van der Waals surface area contributed by atoms with Crippen LogP contribution in [0.25, 0.3) is 6.08 Å². The fourth-order valence-electron chi connectivity index (χ4n) is 3.08. The van der Waals surface area contributed by atoms with Crippen LogP contribution in [0.5, 0.6) is 0 Å². The molecule has 2 aliphatic rings. The molecule has 0 spiro atoms. The van der Waals surface area contributed by atoms with Gasteiger partial charge in [0, 0.05) is 21.8 Å². The number of allylic oxidation sites excluding steroid dienone is 2. The summed E-state index contributed by atoms with van der Waals surface area (Å²) in [6.07, 6.45) is 9.92. The highest BCUT2D eigenvalue weighted by Crippen LogP contribution is 2.47. The number of rotatable bonds is 3. The molecule has 0 saturated carbocycles. The molecule has 2 heterocycles. The molecule has 24 heavy (non-hydrogen) atoms. The van der Waals surface area contributed by atoms with Crippen molar-refractivity contribution in [2.24, 2.45) is 0 Å².